The minimum atomic E-state index is -0.553. The lowest BCUT2D eigenvalue weighted by Crippen LogP contribution is -2.02. The molecular formula is C15H14BrN3O. The predicted molar refractivity (Wildman–Crippen MR) is 81.4 cm³/mol. The molecule has 3 aromatic rings. The quantitative estimate of drug-likeness (QED) is 0.797. The minimum Gasteiger partial charge on any atom is -0.387 e. The van der Waals surface area contributed by atoms with Crippen LogP contribution in [0.1, 0.15) is 25.1 Å². The van der Waals surface area contributed by atoms with Crippen LogP contribution in [0.4, 0.5) is 0 Å². The molecule has 3 rings (SSSR count). The SMILES string of the molecule is CCC(O)c1c(-c2ccncc2)nc2ccc(Br)cn12. The predicted octanol–water partition coefficient (Wildman–Crippen LogP) is 3.60. The first-order valence-corrected chi connectivity index (χ1v) is 7.26. The number of halogens is 1. The third kappa shape index (κ3) is 2.23. The van der Waals surface area contributed by atoms with Crippen molar-refractivity contribution in [3.05, 3.63) is 53.0 Å². The van der Waals surface area contributed by atoms with Crippen LogP contribution in [0.15, 0.2) is 47.3 Å². The number of fused-ring (bicyclic) bond motifs is 1. The van der Waals surface area contributed by atoms with Crippen molar-refractivity contribution in [2.45, 2.75) is 19.4 Å². The van der Waals surface area contributed by atoms with E-state index in [2.05, 4.69) is 25.9 Å². The van der Waals surface area contributed by atoms with Gasteiger partial charge in [-0.3, -0.25) is 9.38 Å². The van der Waals surface area contributed by atoms with Crippen LogP contribution in [-0.2, 0) is 0 Å². The van der Waals surface area contributed by atoms with Gasteiger partial charge in [0.25, 0.3) is 0 Å². The molecule has 0 amide bonds. The Balaban J connectivity index is 2.31. The molecule has 20 heavy (non-hydrogen) atoms. The van der Waals surface area contributed by atoms with Gasteiger partial charge in [0.2, 0.25) is 0 Å². The Hall–Kier alpha value is -1.72. The first-order chi connectivity index (χ1) is 9.70. The highest BCUT2D eigenvalue weighted by Crippen LogP contribution is 2.30. The fourth-order valence-corrected chi connectivity index (χ4v) is 2.61. The van der Waals surface area contributed by atoms with Crippen LogP contribution in [0.25, 0.3) is 16.9 Å². The molecule has 4 nitrogen and oxygen atoms in total. The number of imidazole rings is 1. The van der Waals surface area contributed by atoms with Crippen molar-refractivity contribution < 1.29 is 5.11 Å². The summed E-state index contributed by atoms with van der Waals surface area (Å²) in [4.78, 5) is 8.68. The van der Waals surface area contributed by atoms with Gasteiger partial charge in [-0.25, -0.2) is 4.98 Å². The molecule has 0 aliphatic rings. The molecule has 0 radical (unpaired) electrons. The zero-order valence-electron chi connectivity index (χ0n) is 11.0. The molecule has 1 N–H and O–H groups in total. The normalized spacial score (nSPS) is 12.8. The van der Waals surface area contributed by atoms with Crippen LogP contribution in [0.3, 0.4) is 0 Å². The Morgan fingerprint density at radius 3 is 2.70 bits per heavy atom. The minimum absolute atomic E-state index is 0.553. The Kier molecular flexibility index (Phi) is 3.54. The van der Waals surface area contributed by atoms with Gasteiger partial charge >= 0.3 is 0 Å². The Labute approximate surface area is 125 Å². The molecule has 102 valence electrons. The first-order valence-electron chi connectivity index (χ1n) is 6.46. The van der Waals surface area contributed by atoms with E-state index in [4.69, 9.17) is 0 Å². The maximum absolute atomic E-state index is 10.4. The summed E-state index contributed by atoms with van der Waals surface area (Å²) in [5.74, 6) is 0. The summed E-state index contributed by atoms with van der Waals surface area (Å²) in [5, 5.41) is 10.4. The van der Waals surface area contributed by atoms with Crippen molar-refractivity contribution >= 4 is 21.6 Å². The smallest absolute Gasteiger partial charge is 0.137 e. The van der Waals surface area contributed by atoms with Gasteiger partial charge in [0.05, 0.1) is 17.5 Å². The van der Waals surface area contributed by atoms with Gasteiger partial charge in [-0.05, 0) is 46.6 Å². The molecule has 3 heterocycles. The van der Waals surface area contributed by atoms with E-state index in [0.29, 0.717) is 6.42 Å². The summed E-state index contributed by atoms with van der Waals surface area (Å²) < 4.78 is 2.89. The van der Waals surface area contributed by atoms with Crippen LogP contribution in [-0.4, -0.2) is 19.5 Å². The summed E-state index contributed by atoms with van der Waals surface area (Å²) in [7, 11) is 0. The monoisotopic (exact) mass is 331 g/mol. The van der Waals surface area contributed by atoms with E-state index in [-0.39, 0.29) is 0 Å². The van der Waals surface area contributed by atoms with Crippen LogP contribution < -0.4 is 0 Å². The fraction of sp³-hybridized carbons (Fsp3) is 0.200. The van der Waals surface area contributed by atoms with E-state index in [1.54, 1.807) is 12.4 Å². The van der Waals surface area contributed by atoms with Gasteiger partial charge in [-0.15, -0.1) is 0 Å². The summed E-state index contributed by atoms with van der Waals surface area (Å²) >= 11 is 3.46. The molecule has 1 unspecified atom stereocenters. The van der Waals surface area contributed by atoms with Crippen molar-refractivity contribution in [3.63, 3.8) is 0 Å². The maximum atomic E-state index is 10.4. The first kappa shape index (κ1) is 13.3. The van der Waals surface area contributed by atoms with E-state index < -0.39 is 6.10 Å². The second-order valence-corrected chi connectivity index (χ2v) is 5.50. The van der Waals surface area contributed by atoms with E-state index in [1.807, 2.05) is 41.8 Å². The van der Waals surface area contributed by atoms with Gasteiger partial charge in [0, 0.05) is 28.6 Å². The average molecular weight is 332 g/mol. The average Bonchev–Trinajstić information content (AvgIpc) is 2.86. The van der Waals surface area contributed by atoms with Gasteiger partial charge < -0.3 is 5.11 Å². The van der Waals surface area contributed by atoms with Gasteiger partial charge in [0.1, 0.15) is 5.65 Å². The van der Waals surface area contributed by atoms with Crippen molar-refractivity contribution in [1.29, 1.82) is 0 Å². The molecular weight excluding hydrogens is 318 g/mol. The second kappa shape index (κ2) is 5.34. The molecule has 0 saturated heterocycles. The van der Waals surface area contributed by atoms with Crippen LogP contribution in [0.2, 0.25) is 0 Å². The molecule has 3 aromatic heterocycles. The van der Waals surface area contributed by atoms with Crippen molar-refractivity contribution in [2.24, 2.45) is 0 Å². The number of pyridine rings is 2. The lowest BCUT2D eigenvalue weighted by molar-refractivity contribution is 0.168. The third-order valence-corrected chi connectivity index (χ3v) is 3.74. The summed E-state index contributed by atoms with van der Waals surface area (Å²) in [6.07, 6.45) is 5.48. The molecule has 1 atom stereocenters. The number of aliphatic hydroxyl groups is 1. The molecule has 0 spiro atoms. The highest BCUT2D eigenvalue weighted by atomic mass is 79.9. The summed E-state index contributed by atoms with van der Waals surface area (Å²) in [6, 6.07) is 7.69. The zero-order valence-corrected chi connectivity index (χ0v) is 12.6. The van der Waals surface area contributed by atoms with E-state index in [9.17, 15) is 5.11 Å². The number of hydrogen-bond acceptors (Lipinski definition) is 3. The molecule has 5 heteroatoms. The van der Waals surface area contributed by atoms with Crippen molar-refractivity contribution in [3.8, 4) is 11.3 Å². The lowest BCUT2D eigenvalue weighted by atomic mass is 10.1. The molecule has 0 bridgehead atoms. The summed E-state index contributed by atoms with van der Waals surface area (Å²) in [6.45, 7) is 1.96. The maximum Gasteiger partial charge on any atom is 0.137 e. The largest absolute Gasteiger partial charge is 0.387 e. The fourth-order valence-electron chi connectivity index (χ4n) is 2.27. The van der Waals surface area contributed by atoms with Crippen LogP contribution >= 0.6 is 15.9 Å². The van der Waals surface area contributed by atoms with Gasteiger partial charge in [-0.2, -0.15) is 0 Å². The van der Waals surface area contributed by atoms with Crippen LogP contribution in [0, 0.1) is 0 Å². The standard InChI is InChI=1S/C15H14BrN3O/c1-2-12(20)15-14(10-5-7-17-8-6-10)18-13-4-3-11(16)9-19(13)15/h3-9,12,20H,2H2,1H3. The Bertz CT molecular complexity index is 739. The molecule has 0 saturated carbocycles. The number of hydrogen-bond donors (Lipinski definition) is 1. The van der Waals surface area contributed by atoms with Gasteiger partial charge in [-0.1, -0.05) is 6.92 Å². The second-order valence-electron chi connectivity index (χ2n) is 4.58. The lowest BCUT2D eigenvalue weighted by Gasteiger charge is -2.10. The molecule has 0 aliphatic carbocycles. The molecule has 0 aromatic carbocycles. The van der Waals surface area contributed by atoms with E-state index >= 15 is 0 Å². The van der Waals surface area contributed by atoms with Gasteiger partial charge in [0.15, 0.2) is 0 Å². The van der Waals surface area contributed by atoms with E-state index in [0.717, 1.165) is 27.1 Å². The Morgan fingerprint density at radius 2 is 2.00 bits per heavy atom. The topological polar surface area (TPSA) is 50.4 Å². The third-order valence-electron chi connectivity index (χ3n) is 3.28. The number of aromatic nitrogens is 3. The van der Waals surface area contributed by atoms with Crippen LogP contribution in [0.5, 0.6) is 0 Å². The zero-order chi connectivity index (χ0) is 14.1. The number of nitrogens with zero attached hydrogens (tertiary/aromatic N) is 3. The highest BCUT2D eigenvalue weighted by Gasteiger charge is 2.19. The number of rotatable bonds is 3. The highest BCUT2D eigenvalue weighted by molar-refractivity contribution is 9.10. The van der Waals surface area contributed by atoms with Crippen molar-refractivity contribution in [1.82, 2.24) is 14.4 Å². The summed E-state index contributed by atoms with van der Waals surface area (Å²) in [5.41, 5.74) is 3.40. The molecule has 0 aliphatic heterocycles. The number of aliphatic hydroxyl groups excluding tert-OH is 1. The van der Waals surface area contributed by atoms with E-state index in [1.165, 1.54) is 0 Å². The molecule has 0 fully saturated rings. The Morgan fingerprint density at radius 1 is 1.25 bits per heavy atom. The van der Waals surface area contributed by atoms with Crippen molar-refractivity contribution in [2.75, 3.05) is 0 Å².